The van der Waals surface area contributed by atoms with Crippen molar-refractivity contribution >= 4 is 5.95 Å². The zero-order valence-electron chi connectivity index (χ0n) is 21.0. The molecule has 3 aromatic rings. The highest BCUT2D eigenvalue weighted by molar-refractivity contribution is 5.84. The highest BCUT2D eigenvalue weighted by Crippen LogP contribution is 2.37. The number of benzene rings is 1. The zero-order chi connectivity index (χ0) is 24.6. The van der Waals surface area contributed by atoms with E-state index in [2.05, 4.69) is 32.9 Å². The average molecular weight is 482 g/mol. The van der Waals surface area contributed by atoms with E-state index in [1.807, 2.05) is 25.1 Å². The van der Waals surface area contributed by atoms with Crippen molar-refractivity contribution in [3.8, 4) is 22.4 Å². The molecule has 4 rings (SSSR count). The number of ether oxygens (including phenoxy) is 2. The molecule has 8 heteroatoms. The van der Waals surface area contributed by atoms with E-state index in [1.54, 1.807) is 13.3 Å². The van der Waals surface area contributed by atoms with Gasteiger partial charge in [0.15, 0.2) is 0 Å². The normalized spacial score (nSPS) is 15.3. The third-order valence-corrected chi connectivity index (χ3v) is 6.30. The van der Waals surface area contributed by atoms with Gasteiger partial charge < -0.3 is 19.4 Å². The van der Waals surface area contributed by atoms with Gasteiger partial charge in [-0.05, 0) is 37.1 Å². The molecule has 35 heavy (non-hydrogen) atoms. The topological polar surface area (TPSA) is 64.4 Å². The number of morpholine rings is 1. The van der Waals surface area contributed by atoms with Crippen LogP contribution in [0, 0.1) is 5.82 Å². The van der Waals surface area contributed by atoms with E-state index in [9.17, 15) is 4.39 Å². The summed E-state index contributed by atoms with van der Waals surface area (Å²) in [6.07, 6.45) is 5.93. The first-order valence-corrected chi connectivity index (χ1v) is 12.5. The van der Waals surface area contributed by atoms with Crippen LogP contribution in [0.2, 0.25) is 0 Å². The summed E-state index contributed by atoms with van der Waals surface area (Å²) in [5, 5.41) is 3.32. The second-order valence-corrected chi connectivity index (χ2v) is 9.03. The number of methoxy groups -OCH3 is 1. The van der Waals surface area contributed by atoms with Crippen molar-refractivity contribution in [1.82, 2.24) is 19.4 Å². The molecule has 1 atom stereocenters. The van der Waals surface area contributed by atoms with Crippen LogP contribution in [-0.4, -0.2) is 72.0 Å². The second kappa shape index (κ2) is 12.2. The molecule has 1 aromatic carbocycles. The minimum atomic E-state index is -0.239. The highest BCUT2D eigenvalue weighted by atomic mass is 19.1. The lowest BCUT2D eigenvalue weighted by Gasteiger charge is -2.27. The Morgan fingerprint density at radius 2 is 1.91 bits per heavy atom. The SMILES string of the molecule is CCCc1c(-c2ccnc(N[C@@H](C)COC)n2)c(-c2ccc(F)cc2)cn1CCN1CCOCC1. The molecular weight excluding hydrogens is 445 g/mol. The Morgan fingerprint density at radius 3 is 2.63 bits per heavy atom. The molecule has 1 aliphatic heterocycles. The maximum absolute atomic E-state index is 13.7. The largest absolute Gasteiger partial charge is 0.383 e. The predicted molar refractivity (Wildman–Crippen MR) is 137 cm³/mol. The second-order valence-electron chi connectivity index (χ2n) is 9.03. The van der Waals surface area contributed by atoms with Gasteiger partial charge in [0.25, 0.3) is 0 Å². The van der Waals surface area contributed by atoms with Gasteiger partial charge in [0.1, 0.15) is 5.82 Å². The lowest BCUT2D eigenvalue weighted by atomic mass is 9.98. The Hall–Kier alpha value is -2.81. The van der Waals surface area contributed by atoms with Gasteiger partial charge in [0, 0.05) is 68.5 Å². The molecule has 1 aliphatic rings. The van der Waals surface area contributed by atoms with Crippen LogP contribution in [0.4, 0.5) is 10.3 Å². The smallest absolute Gasteiger partial charge is 0.223 e. The summed E-state index contributed by atoms with van der Waals surface area (Å²) in [7, 11) is 1.68. The Kier molecular flexibility index (Phi) is 8.84. The monoisotopic (exact) mass is 481 g/mol. The van der Waals surface area contributed by atoms with Gasteiger partial charge in [-0.1, -0.05) is 25.5 Å². The molecule has 0 amide bonds. The molecule has 0 aliphatic carbocycles. The van der Waals surface area contributed by atoms with E-state index in [4.69, 9.17) is 14.5 Å². The fourth-order valence-electron chi connectivity index (χ4n) is 4.59. The van der Waals surface area contributed by atoms with E-state index in [0.717, 1.165) is 74.6 Å². The van der Waals surface area contributed by atoms with E-state index < -0.39 is 0 Å². The van der Waals surface area contributed by atoms with Gasteiger partial charge in [0.2, 0.25) is 5.95 Å². The van der Waals surface area contributed by atoms with E-state index in [1.165, 1.54) is 17.8 Å². The van der Waals surface area contributed by atoms with Crippen molar-refractivity contribution < 1.29 is 13.9 Å². The standard InChI is InChI=1S/C27H36FN5O2/c1-4-5-25-26(24-10-11-29-27(31-24)30-20(2)19-34-3)23(21-6-8-22(28)9-7-21)18-33(25)13-12-32-14-16-35-17-15-32/h6-11,18,20H,4-5,12-17,19H2,1-3H3,(H,29,30,31)/t20-/m0/s1. The first kappa shape index (κ1) is 25.3. The predicted octanol–water partition coefficient (Wildman–Crippen LogP) is 4.48. The van der Waals surface area contributed by atoms with Crippen molar-refractivity contribution in [3.05, 3.63) is 54.2 Å². The van der Waals surface area contributed by atoms with E-state index >= 15 is 0 Å². The number of hydrogen-bond donors (Lipinski definition) is 1. The molecule has 7 nitrogen and oxygen atoms in total. The zero-order valence-corrected chi connectivity index (χ0v) is 21.0. The Bertz CT molecular complexity index is 1080. The van der Waals surface area contributed by atoms with E-state index in [-0.39, 0.29) is 11.9 Å². The third kappa shape index (κ3) is 6.45. The lowest BCUT2D eigenvalue weighted by molar-refractivity contribution is 0.0363. The van der Waals surface area contributed by atoms with Crippen LogP contribution in [0.15, 0.2) is 42.7 Å². The number of aromatic nitrogens is 3. The van der Waals surface area contributed by atoms with Crippen molar-refractivity contribution in [3.63, 3.8) is 0 Å². The first-order chi connectivity index (χ1) is 17.1. The van der Waals surface area contributed by atoms with Crippen LogP contribution in [0.25, 0.3) is 22.4 Å². The fourth-order valence-corrected chi connectivity index (χ4v) is 4.59. The number of anilines is 1. The summed E-state index contributed by atoms with van der Waals surface area (Å²) in [4.78, 5) is 11.8. The number of nitrogens with one attached hydrogen (secondary N) is 1. The molecule has 2 aromatic heterocycles. The molecular formula is C27H36FN5O2. The minimum Gasteiger partial charge on any atom is -0.383 e. The molecule has 0 spiro atoms. The average Bonchev–Trinajstić information content (AvgIpc) is 3.22. The highest BCUT2D eigenvalue weighted by Gasteiger charge is 2.21. The summed E-state index contributed by atoms with van der Waals surface area (Å²) >= 11 is 0. The minimum absolute atomic E-state index is 0.0834. The van der Waals surface area contributed by atoms with Crippen LogP contribution < -0.4 is 5.32 Å². The quantitative estimate of drug-likeness (QED) is 0.436. The summed E-state index contributed by atoms with van der Waals surface area (Å²) < 4.78 is 26.8. The summed E-state index contributed by atoms with van der Waals surface area (Å²) in [6, 6.07) is 8.76. The van der Waals surface area contributed by atoms with E-state index in [0.29, 0.717) is 12.6 Å². The van der Waals surface area contributed by atoms with Crippen LogP contribution in [0.5, 0.6) is 0 Å². The Labute approximate surface area is 207 Å². The molecule has 0 unspecified atom stereocenters. The summed E-state index contributed by atoms with van der Waals surface area (Å²) in [5.41, 5.74) is 5.23. The van der Waals surface area contributed by atoms with Crippen LogP contribution in [-0.2, 0) is 22.4 Å². The van der Waals surface area contributed by atoms with Crippen molar-refractivity contribution in [2.45, 2.75) is 39.3 Å². The molecule has 1 saturated heterocycles. The number of nitrogens with zero attached hydrogens (tertiary/aromatic N) is 4. The molecule has 0 bridgehead atoms. The maximum Gasteiger partial charge on any atom is 0.223 e. The molecule has 0 radical (unpaired) electrons. The molecule has 3 heterocycles. The van der Waals surface area contributed by atoms with Crippen LogP contribution >= 0.6 is 0 Å². The van der Waals surface area contributed by atoms with Crippen molar-refractivity contribution in [1.29, 1.82) is 0 Å². The Morgan fingerprint density at radius 1 is 1.14 bits per heavy atom. The Balaban J connectivity index is 1.74. The van der Waals surface area contributed by atoms with Gasteiger partial charge in [-0.25, -0.2) is 14.4 Å². The van der Waals surface area contributed by atoms with Gasteiger partial charge in [-0.15, -0.1) is 0 Å². The number of hydrogen-bond acceptors (Lipinski definition) is 6. The van der Waals surface area contributed by atoms with Gasteiger partial charge in [-0.2, -0.15) is 0 Å². The van der Waals surface area contributed by atoms with Gasteiger partial charge in [0.05, 0.1) is 25.5 Å². The van der Waals surface area contributed by atoms with Crippen LogP contribution in [0.3, 0.4) is 0 Å². The summed E-state index contributed by atoms with van der Waals surface area (Å²) in [6.45, 7) is 10.1. The van der Waals surface area contributed by atoms with Crippen molar-refractivity contribution in [2.24, 2.45) is 0 Å². The van der Waals surface area contributed by atoms with Crippen LogP contribution in [0.1, 0.15) is 26.0 Å². The molecule has 1 N–H and O–H groups in total. The lowest BCUT2D eigenvalue weighted by Crippen LogP contribution is -2.38. The number of rotatable bonds is 11. The van der Waals surface area contributed by atoms with Gasteiger partial charge >= 0.3 is 0 Å². The van der Waals surface area contributed by atoms with Gasteiger partial charge in [-0.3, -0.25) is 4.90 Å². The van der Waals surface area contributed by atoms with Crippen molar-refractivity contribution in [2.75, 3.05) is 51.9 Å². The first-order valence-electron chi connectivity index (χ1n) is 12.5. The molecule has 188 valence electrons. The summed E-state index contributed by atoms with van der Waals surface area (Å²) in [5.74, 6) is 0.331. The maximum atomic E-state index is 13.7. The third-order valence-electron chi connectivity index (χ3n) is 6.30. The number of halogens is 1. The molecule has 0 saturated carbocycles. The molecule has 1 fully saturated rings. The fraction of sp³-hybridized carbons (Fsp3) is 0.481.